The lowest BCUT2D eigenvalue weighted by Crippen LogP contribution is -1.83. The molecule has 0 spiro atoms. The van der Waals surface area contributed by atoms with Gasteiger partial charge in [-0.05, 0) is 24.2 Å². The molecule has 2 heteroatoms. The Balaban J connectivity index is 2.83. The second-order valence-corrected chi connectivity index (χ2v) is 3.88. The number of halogens is 1. The number of allylic oxidation sites excluding steroid dienone is 1. The van der Waals surface area contributed by atoms with Crippen LogP contribution in [0.3, 0.4) is 0 Å². The third-order valence-corrected chi connectivity index (χ3v) is 2.49. The van der Waals surface area contributed by atoms with Crippen LogP contribution >= 0.6 is 15.9 Å². The molecule has 0 aromatic rings. The Labute approximate surface area is 90.4 Å². The van der Waals surface area contributed by atoms with Gasteiger partial charge in [0.1, 0.15) is 0 Å². The van der Waals surface area contributed by atoms with Gasteiger partial charge in [-0.25, -0.2) is 0 Å². The molecule has 0 fully saturated rings. The molecule has 0 rings (SSSR count). The van der Waals surface area contributed by atoms with Crippen molar-refractivity contribution in [3.05, 3.63) is 11.1 Å². The van der Waals surface area contributed by atoms with Crippen molar-refractivity contribution in [2.75, 3.05) is 6.61 Å². The molecule has 0 aromatic heterocycles. The zero-order valence-electron chi connectivity index (χ0n) is 8.34. The standard InChI is InChI=1S/C11H21BrO/c12-10-8-6-4-2-1-3-5-7-9-11-13/h8,10,13H,1-7,9,11H2. The van der Waals surface area contributed by atoms with Crippen LogP contribution in [0.5, 0.6) is 0 Å². The Morgan fingerprint density at radius 2 is 1.38 bits per heavy atom. The molecule has 0 aliphatic carbocycles. The third kappa shape index (κ3) is 12.2. The Kier molecular flexibility index (Phi) is 12.3. The predicted molar refractivity (Wildman–Crippen MR) is 62.1 cm³/mol. The second-order valence-electron chi connectivity index (χ2n) is 3.35. The number of hydrogen-bond donors (Lipinski definition) is 1. The third-order valence-electron chi connectivity index (χ3n) is 2.12. The summed E-state index contributed by atoms with van der Waals surface area (Å²) in [5.41, 5.74) is 0. The highest BCUT2D eigenvalue weighted by molar-refractivity contribution is 9.11. The zero-order chi connectivity index (χ0) is 9.78. The average molecular weight is 249 g/mol. The van der Waals surface area contributed by atoms with E-state index in [0.717, 1.165) is 6.42 Å². The first-order chi connectivity index (χ1) is 6.41. The van der Waals surface area contributed by atoms with Gasteiger partial charge in [0, 0.05) is 6.61 Å². The molecule has 1 nitrogen and oxygen atoms in total. The number of unbranched alkanes of at least 4 members (excludes halogenated alkanes) is 7. The maximum Gasteiger partial charge on any atom is 0.0431 e. The maximum absolute atomic E-state index is 8.55. The lowest BCUT2D eigenvalue weighted by molar-refractivity contribution is 0.282. The van der Waals surface area contributed by atoms with Gasteiger partial charge in [0.2, 0.25) is 0 Å². The van der Waals surface area contributed by atoms with Crippen LogP contribution in [0.1, 0.15) is 51.4 Å². The minimum atomic E-state index is 0.357. The summed E-state index contributed by atoms with van der Waals surface area (Å²) in [4.78, 5) is 1.94. The van der Waals surface area contributed by atoms with E-state index < -0.39 is 0 Å². The number of rotatable bonds is 9. The van der Waals surface area contributed by atoms with Crippen LogP contribution in [-0.4, -0.2) is 11.7 Å². The van der Waals surface area contributed by atoms with E-state index in [9.17, 15) is 0 Å². The monoisotopic (exact) mass is 248 g/mol. The molecule has 78 valence electrons. The average Bonchev–Trinajstić information content (AvgIpc) is 2.16. The molecule has 1 N–H and O–H groups in total. The van der Waals surface area contributed by atoms with Gasteiger partial charge in [-0.1, -0.05) is 54.1 Å². The van der Waals surface area contributed by atoms with Crippen LogP contribution in [-0.2, 0) is 0 Å². The molecule has 0 aromatic carbocycles. The zero-order valence-corrected chi connectivity index (χ0v) is 9.93. The molecule has 0 aliphatic rings. The summed E-state index contributed by atoms with van der Waals surface area (Å²) in [5, 5.41) is 8.55. The minimum Gasteiger partial charge on any atom is -0.396 e. The number of aliphatic hydroxyl groups is 1. The molecule has 0 saturated carbocycles. The van der Waals surface area contributed by atoms with Crippen molar-refractivity contribution in [1.29, 1.82) is 0 Å². The lowest BCUT2D eigenvalue weighted by Gasteiger charge is -1.99. The van der Waals surface area contributed by atoms with E-state index in [-0.39, 0.29) is 0 Å². The highest BCUT2D eigenvalue weighted by Gasteiger charge is 1.90. The van der Waals surface area contributed by atoms with E-state index in [1.165, 1.54) is 44.9 Å². The fourth-order valence-corrected chi connectivity index (χ4v) is 1.59. The van der Waals surface area contributed by atoms with Crippen molar-refractivity contribution in [1.82, 2.24) is 0 Å². The Hall–Kier alpha value is 0.180. The second kappa shape index (κ2) is 12.2. The van der Waals surface area contributed by atoms with Gasteiger partial charge < -0.3 is 5.11 Å². The first kappa shape index (κ1) is 13.2. The van der Waals surface area contributed by atoms with Crippen molar-refractivity contribution < 1.29 is 5.11 Å². The summed E-state index contributed by atoms with van der Waals surface area (Å²) < 4.78 is 0. The molecular weight excluding hydrogens is 228 g/mol. The van der Waals surface area contributed by atoms with Gasteiger partial charge in [-0.2, -0.15) is 0 Å². The van der Waals surface area contributed by atoms with Crippen LogP contribution in [0.2, 0.25) is 0 Å². The van der Waals surface area contributed by atoms with Crippen LogP contribution < -0.4 is 0 Å². The highest BCUT2D eigenvalue weighted by Crippen LogP contribution is 2.08. The summed E-state index contributed by atoms with van der Waals surface area (Å²) in [7, 11) is 0. The first-order valence-corrected chi connectivity index (χ1v) is 6.19. The van der Waals surface area contributed by atoms with E-state index in [2.05, 4.69) is 22.0 Å². The Morgan fingerprint density at radius 1 is 0.846 bits per heavy atom. The molecular formula is C11H21BrO. The van der Waals surface area contributed by atoms with Crippen LogP contribution in [0.25, 0.3) is 0 Å². The molecule has 13 heavy (non-hydrogen) atoms. The van der Waals surface area contributed by atoms with Gasteiger partial charge in [0.25, 0.3) is 0 Å². The summed E-state index contributed by atoms with van der Waals surface area (Å²) in [6, 6.07) is 0. The van der Waals surface area contributed by atoms with Gasteiger partial charge in [0.15, 0.2) is 0 Å². The highest BCUT2D eigenvalue weighted by atomic mass is 79.9. The number of aliphatic hydroxyl groups excluding tert-OH is 1. The van der Waals surface area contributed by atoms with E-state index in [4.69, 9.17) is 5.11 Å². The fraction of sp³-hybridized carbons (Fsp3) is 0.818. The van der Waals surface area contributed by atoms with E-state index in [0.29, 0.717) is 6.61 Å². The molecule has 0 unspecified atom stereocenters. The van der Waals surface area contributed by atoms with Crippen LogP contribution in [0.4, 0.5) is 0 Å². The SMILES string of the molecule is OCCCCCCCCCC=CBr. The van der Waals surface area contributed by atoms with Gasteiger partial charge in [-0.3, -0.25) is 0 Å². The van der Waals surface area contributed by atoms with E-state index >= 15 is 0 Å². The summed E-state index contributed by atoms with van der Waals surface area (Å²) >= 11 is 3.26. The molecule has 0 aliphatic heterocycles. The van der Waals surface area contributed by atoms with E-state index in [1.54, 1.807) is 0 Å². The number of hydrogen-bond acceptors (Lipinski definition) is 1. The van der Waals surface area contributed by atoms with Crippen molar-refractivity contribution >= 4 is 15.9 Å². The smallest absolute Gasteiger partial charge is 0.0431 e. The predicted octanol–water partition coefficient (Wildman–Crippen LogP) is 4.01. The molecule has 0 atom stereocenters. The summed E-state index contributed by atoms with van der Waals surface area (Å²) in [5.74, 6) is 0. The minimum absolute atomic E-state index is 0.357. The Morgan fingerprint density at radius 3 is 1.92 bits per heavy atom. The first-order valence-electron chi connectivity index (χ1n) is 5.28. The van der Waals surface area contributed by atoms with Gasteiger partial charge in [0.05, 0.1) is 0 Å². The van der Waals surface area contributed by atoms with Crippen molar-refractivity contribution in [2.45, 2.75) is 51.4 Å². The van der Waals surface area contributed by atoms with Crippen molar-refractivity contribution in [3.8, 4) is 0 Å². The van der Waals surface area contributed by atoms with Crippen molar-refractivity contribution in [3.63, 3.8) is 0 Å². The summed E-state index contributed by atoms with van der Waals surface area (Å²) in [6.45, 7) is 0.357. The largest absolute Gasteiger partial charge is 0.396 e. The fourth-order valence-electron chi connectivity index (χ4n) is 1.32. The van der Waals surface area contributed by atoms with Crippen LogP contribution in [0, 0.1) is 0 Å². The molecule has 0 saturated heterocycles. The molecule has 0 radical (unpaired) electrons. The normalized spacial score (nSPS) is 11.2. The molecule has 0 bridgehead atoms. The molecule has 0 heterocycles. The van der Waals surface area contributed by atoms with Crippen LogP contribution in [0.15, 0.2) is 11.1 Å². The topological polar surface area (TPSA) is 20.2 Å². The van der Waals surface area contributed by atoms with E-state index in [1.807, 2.05) is 4.99 Å². The lowest BCUT2D eigenvalue weighted by atomic mass is 10.1. The van der Waals surface area contributed by atoms with Crippen molar-refractivity contribution in [2.24, 2.45) is 0 Å². The van der Waals surface area contributed by atoms with Gasteiger partial charge >= 0.3 is 0 Å². The maximum atomic E-state index is 8.55. The molecule has 0 amide bonds. The Bertz CT molecular complexity index is 113. The summed E-state index contributed by atoms with van der Waals surface area (Å²) in [6.07, 6.45) is 12.1. The quantitative estimate of drug-likeness (QED) is 0.612. The van der Waals surface area contributed by atoms with Gasteiger partial charge in [-0.15, -0.1) is 0 Å².